The van der Waals surface area contributed by atoms with E-state index in [-0.39, 0.29) is 11.0 Å². The highest BCUT2D eigenvalue weighted by atomic mass is 32.1. The smallest absolute Gasteiger partial charge is 0.261 e. The van der Waals surface area contributed by atoms with Crippen LogP contribution in [0.1, 0.15) is 17.3 Å². The van der Waals surface area contributed by atoms with Gasteiger partial charge in [-0.3, -0.25) is 10.1 Å². The summed E-state index contributed by atoms with van der Waals surface area (Å²) in [4.78, 5) is 12.3. The number of para-hydroxylation sites is 1. The Hall–Kier alpha value is -2.64. The second-order valence-electron chi connectivity index (χ2n) is 5.18. The predicted molar refractivity (Wildman–Crippen MR) is 105 cm³/mol. The van der Waals surface area contributed by atoms with Gasteiger partial charge >= 0.3 is 0 Å². The van der Waals surface area contributed by atoms with Gasteiger partial charge in [0.15, 0.2) is 5.11 Å². The van der Waals surface area contributed by atoms with E-state index < -0.39 is 0 Å². The average molecular weight is 374 g/mol. The minimum absolute atomic E-state index is 0.187. The molecule has 2 rings (SSSR count). The van der Waals surface area contributed by atoms with E-state index in [1.54, 1.807) is 30.3 Å². The highest BCUT2D eigenvalue weighted by molar-refractivity contribution is 7.80. The molecule has 0 radical (unpaired) electrons. The first-order valence-corrected chi connectivity index (χ1v) is 8.60. The summed E-state index contributed by atoms with van der Waals surface area (Å²) in [6, 6.07) is 14.2. The molecule has 2 aromatic carbocycles. The number of thiocarbonyl (C=S) groups is 1. The lowest BCUT2D eigenvalue weighted by molar-refractivity contribution is 0.0974. The normalized spacial score (nSPS) is 10.1. The van der Waals surface area contributed by atoms with Gasteiger partial charge in [0.2, 0.25) is 0 Å². The Bertz CT molecular complexity index is 752. The summed E-state index contributed by atoms with van der Waals surface area (Å²) < 4.78 is 16.0. The summed E-state index contributed by atoms with van der Waals surface area (Å²) in [7, 11) is 1.51. The van der Waals surface area contributed by atoms with E-state index in [1.165, 1.54) is 7.11 Å². The van der Waals surface area contributed by atoms with Gasteiger partial charge in [0.1, 0.15) is 18.1 Å². The molecule has 0 saturated heterocycles. The van der Waals surface area contributed by atoms with E-state index in [2.05, 4.69) is 10.6 Å². The molecule has 0 unspecified atom stereocenters. The molecule has 2 N–H and O–H groups in total. The van der Waals surface area contributed by atoms with E-state index in [0.717, 1.165) is 0 Å². The molecule has 0 spiro atoms. The fourth-order valence-corrected chi connectivity index (χ4v) is 2.40. The molecule has 26 heavy (non-hydrogen) atoms. The monoisotopic (exact) mass is 374 g/mol. The van der Waals surface area contributed by atoms with E-state index in [9.17, 15) is 4.79 Å². The van der Waals surface area contributed by atoms with Crippen molar-refractivity contribution in [3.8, 4) is 11.5 Å². The molecule has 138 valence electrons. The quantitative estimate of drug-likeness (QED) is 0.546. The van der Waals surface area contributed by atoms with Crippen LogP contribution in [0.4, 0.5) is 5.69 Å². The summed E-state index contributed by atoms with van der Waals surface area (Å²) in [6.07, 6.45) is 0. The Kier molecular flexibility index (Phi) is 7.85. The zero-order chi connectivity index (χ0) is 18.8. The lowest BCUT2D eigenvalue weighted by Crippen LogP contribution is -2.34. The molecular weight excluding hydrogens is 352 g/mol. The second-order valence-corrected chi connectivity index (χ2v) is 5.59. The van der Waals surface area contributed by atoms with Crippen molar-refractivity contribution >= 4 is 28.9 Å². The Balaban J connectivity index is 1.92. The van der Waals surface area contributed by atoms with Crippen molar-refractivity contribution in [2.24, 2.45) is 0 Å². The molecular formula is C19H22N2O4S. The van der Waals surface area contributed by atoms with Crippen molar-refractivity contribution in [3.05, 3.63) is 54.1 Å². The molecule has 7 heteroatoms. The van der Waals surface area contributed by atoms with Crippen LogP contribution in [0.15, 0.2) is 48.5 Å². The van der Waals surface area contributed by atoms with E-state index >= 15 is 0 Å². The number of carbonyl (C=O) groups is 1. The van der Waals surface area contributed by atoms with Crippen LogP contribution in [0.3, 0.4) is 0 Å². The van der Waals surface area contributed by atoms with Gasteiger partial charge in [-0.05, 0) is 43.4 Å². The Morgan fingerprint density at radius 3 is 2.69 bits per heavy atom. The number of hydrogen-bond donors (Lipinski definition) is 2. The highest BCUT2D eigenvalue weighted by Crippen LogP contribution is 2.18. The van der Waals surface area contributed by atoms with Crippen molar-refractivity contribution in [1.29, 1.82) is 0 Å². The van der Waals surface area contributed by atoms with Gasteiger partial charge in [-0.2, -0.15) is 0 Å². The SMILES string of the molecule is CCOCCOc1cccc(NC(=S)NC(=O)c2ccccc2OC)c1. The molecule has 1 amide bonds. The van der Waals surface area contributed by atoms with Crippen molar-refractivity contribution in [2.45, 2.75) is 6.92 Å². The Morgan fingerprint density at radius 1 is 1.12 bits per heavy atom. The van der Waals surface area contributed by atoms with Crippen LogP contribution in [-0.4, -0.2) is 38.0 Å². The molecule has 0 bridgehead atoms. The minimum Gasteiger partial charge on any atom is -0.496 e. The van der Waals surface area contributed by atoms with Crippen LogP contribution >= 0.6 is 12.2 Å². The van der Waals surface area contributed by atoms with Crippen LogP contribution in [0.25, 0.3) is 0 Å². The highest BCUT2D eigenvalue weighted by Gasteiger charge is 2.13. The number of carbonyl (C=O) groups excluding carboxylic acids is 1. The molecule has 6 nitrogen and oxygen atoms in total. The molecule has 0 fully saturated rings. The number of ether oxygens (including phenoxy) is 3. The van der Waals surface area contributed by atoms with E-state index in [1.807, 2.05) is 25.1 Å². The number of rotatable bonds is 8. The van der Waals surface area contributed by atoms with Crippen LogP contribution < -0.4 is 20.1 Å². The standard InChI is InChI=1S/C19H22N2O4S/c1-3-24-11-12-25-15-8-6-7-14(13-15)20-19(26)21-18(22)16-9-4-5-10-17(16)23-2/h4-10,13H,3,11-12H2,1-2H3,(H2,20,21,22,26). The Labute approximate surface area is 158 Å². The largest absolute Gasteiger partial charge is 0.496 e. The van der Waals surface area contributed by atoms with Gasteiger partial charge in [0, 0.05) is 18.4 Å². The number of benzene rings is 2. The fourth-order valence-electron chi connectivity index (χ4n) is 2.19. The first-order chi connectivity index (χ1) is 12.6. The average Bonchev–Trinajstić information content (AvgIpc) is 2.65. The molecule has 0 heterocycles. The van der Waals surface area contributed by atoms with Crippen LogP contribution in [0, 0.1) is 0 Å². The summed E-state index contributed by atoms with van der Waals surface area (Å²) in [5, 5.41) is 5.80. The van der Waals surface area contributed by atoms with Crippen molar-refractivity contribution in [1.82, 2.24) is 5.32 Å². The predicted octanol–water partition coefficient (Wildman–Crippen LogP) is 3.24. The lowest BCUT2D eigenvalue weighted by atomic mass is 10.2. The number of hydrogen-bond acceptors (Lipinski definition) is 5. The van der Waals surface area contributed by atoms with Crippen LogP contribution in [-0.2, 0) is 4.74 Å². The van der Waals surface area contributed by atoms with Gasteiger partial charge in [0.05, 0.1) is 19.3 Å². The molecule has 0 aliphatic rings. The summed E-state index contributed by atoms with van der Waals surface area (Å²) in [5.41, 5.74) is 1.12. The number of amides is 1. The third-order valence-corrected chi connectivity index (χ3v) is 3.58. The maximum absolute atomic E-state index is 12.3. The second kappa shape index (κ2) is 10.4. The topological polar surface area (TPSA) is 68.8 Å². The molecule has 0 atom stereocenters. The third-order valence-electron chi connectivity index (χ3n) is 3.37. The zero-order valence-electron chi connectivity index (χ0n) is 14.8. The van der Waals surface area contributed by atoms with E-state index in [4.69, 9.17) is 26.4 Å². The lowest BCUT2D eigenvalue weighted by Gasteiger charge is -2.12. The summed E-state index contributed by atoms with van der Waals surface area (Å²) in [6.45, 7) is 3.59. The summed E-state index contributed by atoms with van der Waals surface area (Å²) in [5.74, 6) is 0.829. The zero-order valence-corrected chi connectivity index (χ0v) is 15.6. The number of nitrogens with one attached hydrogen (secondary N) is 2. The number of methoxy groups -OCH3 is 1. The van der Waals surface area contributed by atoms with Crippen molar-refractivity contribution in [3.63, 3.8) is 0 Å². The maximum atomic E-state index is 12.3. The maximum Gasteiger partial charge on any atom is 0.261 e. The van der Waals surface area contributed by atoms with Gasteiger partial charge in [0.25, 0.3) is 5.91 Å². The molecule has 0 aliphatic heterocycles. The minimum atomic E-state index is -0.343. The van der Waals surface area contributed by atoms with Crippen molar-refractivity contribution in [2.75, 3.05) is 32.2 Å². The molecule has 2 aromatic rings. The first-order valence-electron chi connectivity index (χ1n) is 8.20. The van der Waals surface area contributed by atoms with Gasteiger partial charge in [-0.1, -0.05) is 18.2 Å². The number of anilines is 1. The van der Waals surface area contributed by atoms with Crippen LogP contribution in [0.2, 0.25) is 0 Å². The van der Waals surface area contributed by atoms with Gasteiger partial charge in [-0.15, -0.1) is 0 Å². The van der Waals surface area contributed by atoms with Crippen LogP contribution in [0.5, 0.6) is 11.5 Å². The Morgan fingerprint density at radius 2 is 1.92 bits per heavy atom. The van der Waals surface area contributed by atoms with E-state index in [0.29, 0.717) is 42.6 Å². The summed E-state index contributed by atoms with van der Waals surface area (Å²) >= 11 is 5.21. The molecule has 0 aliphatic carbocycles. The fraction of sp³-hybridized carbons (Fsp3) is 0.263. The molecule has 0 saturated carbocycles. The van der Waals surface area contributed by atoms with Gasteiger partial charge < -0.3 is 19.5 Å². The third kappa shape index (κ3) is 6.02. The van der Waals surface area contributed by atoms with Crippen molar-refractivity contribution < 1.29 is 19.0 Å². The van der Waals surface area contributed by atoms with Gasteiger partial charge in [-0.25, -0.2) is 0 Å². The molecule has 0 aromatic heterocycles. The first kappa shape index (κ1) is 19.7.